The topological polar surface area (TPSA) is 42.7 Å². The minimum absolute atomic E-state index is 0.275. The number of aryl methyl sites for hydroxylation is 1. The van der Waals surface area contributed by atoms with E-state index in [0.717, 1.165) is 10.0 Å². The molecule has 2 aromatic rings. The summed E-state index contributed by atoms with van der Waals surface area (Å²) in [6, 6.07) is 6.30. The van der Waals surface area contributed by atoms with E-state index in [1.165, 1.54) is 19.2 Å². The Morgan fingerprint density at radius 2 is 2.09 bits per heavy atom. The lowest BCUT2D eigenvalue weighted by molar-refractivity contribution is 0.0599. The average molecular weight is 370 g/mol. The molecule has 0 unspecified atom stereocenters. The summed E-state index contributed by atoms with van der Waals surface area (Å²) in [5.41, 5.74) is 1.41. The summed E-state index contributed by atoms with van der Waals surface area (Å²) < 4.78 is 24.1. The molecule has 0 bridgehead atoms. The Balaban J connectivity index is 2.06. The van der Waals surface area contributed by atoms with E-state index in [9.17, 15) is 9.18 Å². The zero-order valence-electron chi connectivity index (χ0n) is 12.7. The Bertz CT molecular complexity index is 684. The van der Waals surface area contributed by atoms with Gasteiger partial charge in [0.1, 0.15) is 22.9 Å². The van der Waals surface area contributed by atoms with Gasteiger partial charge in [0.15, 0.2) is 0 Å². The number of furan rings is 1. The number of esters is 1. The summed E-state index contributed by atoms with van der Waals surface area (Å²) in [6.45, 7) is 2.88. The van der Waals surface area contributed by atoms with Crippen molar-refractivity contribution in [2.24, 2.45) is 0 Å². The van der Waals surface area contributed by atoms with E-state index in [0.29, 0.717) is 30.2 Å². The van der Waals surface area contributed by atoms with E-state index in [2.05, 4.69) is 15.9 Å². The summed E-state index contributed by atoms with van der Waals surface area (Å²) in [5, 5.41) is 0. The third kappa shape index (κ3) is 3.96. The second-order valence-corrected chi connectivity index (χ2v) is 5.94. The first-order valence-electron chi connectivity index (χ1n) is 6.70. The number of carbonyl (C=O) groups excluding carboxylic acids is 1. The normalized spacial score (nSPS) is 11.0. The van der Waals surface area contributed by atoms with Crippen LogP contribution in [0.15, 0.2) is 33.2 Å². The zero-order chi connectivity index (χ0) is 16.3. The van der Waals surface area contributed by atoms with Gasteiger partial charge in [0.25, 0.3) is 0 Å². The van der Waals surface area contributed by atoms with Crippen molar-refractivity contribution in [3.63, 3.8) is 0 Å². The summed E-state index contributed by atoms with van der Waals surface area (Å²) >= 11 is 3.35. The maximum absolute atomic E-state index is 13.1. The molecule has 22 heavy (non-hydrogen) atoms. The fourth-order valence-corrected chi connectivity index (χ4v) is 2.67. The number of benzene rings is 1. The molecule has 0 aliphatic heterocycles. The zero-order valence-corrected chi connectivity index (χ0v) is 14.2. The van der Waals surface area contributed by atoms with E-state index in [1.807, 2.05) is 11.9 Å². The van der Waals surface area contributed by atoms with Crippen LogP contribution in [0.3, 0.4) is 0 Å². The maximum atomic E-state index is 13.1. The molecule has 2 rings (SSSR count). The molecule has 0 amide bonds. The predicted octanol–water partition coefficient (Wildman–Crippen LogP) is 3.91. The number of methoxy groups -OCH3 is 1. The van der Waals surface area contributed by atoms with Crippen molar-refractivity contribution >= 4 is 21.9 Å². The number of halogens is 2. The molecular formula is C16H17BrFNO3. The molecule has 1 aromatic carbocycles. The number of hydrogen-bond donors (Lipinski definition) is 0. The molecule has 0 aliphatic carbocycles. The molecule has 6 heteroatoms. The van der Waals surface area contributed by atoms with Crippen LogP contribution in [-0.4, -0.2) is 25.0 Å². The van der Waals surface area contributed by atoms with Crippen molar-refractivity contribution in [1.29, 1.82) is 0 Å². The summed E-state index contributed by atoms with van der Waals surface area (Å²) in [4.78, 5) is 13.6. The molecule has 1 aromatic heterocycles. The lowest BCUT2D eigenvalue weighted by Crippen LogP contribution is -2.17. The van der Waals surface area contributed by atoms with Gasteiger partial charge >= 0.3 is 5.97 Å². The van der Waals surface area contributed by atoms with Crippen LogP contribution in [0.25, 0.3) is 0 Å². The van der Waals surface area contributed by atoms with Gasteiger partial charge in [-0.25, -0.2) is 9.18 Å². The number of nitrogens with zero attached hydrogens (tertiary/aromatic N) is 1. The smallest absolute Gasteiger partial charge is 0.341 e. The van der Waals surface area contributed by atoms with Crippen LogP contribution in [0.5, 0.6) is 0 Å². The molecular weight excluding hydrogens is 353 g/mol. The number of carbonyl (C=O) groups is 1. The fourth-order valence-electron chi connectivity index (χ4n) is 2.20. The Morgan fingerprint density at radius 1 is 1.36 bits per heavy atom. The molecule has 0 radical (unpaired) electrons. The van der Waals surface area contributed by atoms with Crippen molar-refractivity contribution < 1.29 is 18.3 Å². The van der Waals surface area contributed by atoms with Crippen LogP contribution in [0.2, 0.25) is 0 Å². The number of ether oxygens (including phenoxy) is 1. The van der Waals surface area contributed by atoms with Crippen molar-refractivity contribution in [2.75, 3.05) is 14.2 Å². The van der Waals surface area contributed by atoms with Crippen molar-refractivity contribution in [3.8, 4) is 0 Å². The average Bonchev–Trinajstić information content (AvgIpc) is 2.81. The van der Waals surface area contributed by atoms with Gasteiger partial charge in [-0.1, -0.05) is 22.0 Å². The molecule has 0 atom stereocenters. The molecule has 0 spiro atoms. The van der Waals surface area contributed by atoms with Crippen LogP contribution in [-0.2, 0) is 17.8 Å². The van der Waals surface area contributed by atoms with Gasteiger partial charge in [0.05, 0.1) is 13.7 Å². The van der Waals surface area contributed by atoms with Crippen molar-refractivity contribution in [2.45, 2.75) is 20.0 Å². The maximum Gasteiger partial charge on any atom is 0.341 e. The molecule has 4 nitrogen and oxygen atoms in total. The quantitative estimate of drug-likeness (QED) is 0.749. The fraction of sp³-hybridized carbons (Fsp3) is 0.312. The van der Waals surface area contributed by atoms with Gasteiger partial charge in [-0.05, 0) is 37.7 Å². The standard InChI is InChI=1S/C16H17BrFNO3/c1-10-14(16(20)21-3)7-13(22-10)9-19(2)8-11-4-5-12(18)6-15(11)17/h4-7H,8-9H2,1-3H3. The highest BCUT2D eigenvalue weighted by molar-refractivity contribution is 9.10. The van der Waals surface area contributed by atoms with Gasteiger partial charge in [0, 0.05) is 11.0 Å². The molecule has 1 heterocycles. The van der Waals surface area contributed by atoms with Gasteiger partial charge in [-0.2, -0.15) is 0 Å². The highest BCUT2D eigenvalue weighted by Gasteiger charge is 2.16. The second-order valence-electron chi connectivity index (χ2n) is 5.08. The molecule has 0 saturated carbocycles. The minimum atomic E-state index is -0.406. The van der Waals surface area contributed by atoms with E-state index in [-0.39, 0.29) is 5.82 Å². The summed E-state index contributed by atoms with van der Waals surface area (Å²) in [7, 11) is 3.26. The first-order valence-corrected chi connectivity index (χ1v) is 7.50. The minimum Gasteiger partial charge on any atom is -0.465 e. The Labute approximate surface area is 137 Å². The second kappa shape index (κ2) is 7.07. The first-order chi connectivity index (χ1) is 10.4. The lowest BCUT2D eigenvalue weighted by atomic mass is 10.2. The van der Waals surface area contributed by atoms with Crippen LogP contribution in [0.4, 0.5) is 4.39 Å². The van der Waals surface area contributed by atoms with Crippen LogP contribution < -0.4 is 0 Å². The van der Waals surface area contributed by atoms with Crippen molar-refractivity contribution in [3.05, 3.63) is 57.2 Å². The van der Waals surface area contributed by atoms with Crippen LogP contribution >= 0.6 is 15.9 Å². The molecule has 118 valence electrons. The highest BCUT2D eigenvalue weighted by atomic mass is 79.9. The lowest BCUT2D eigenvalue weighted by Gasteiger charge is -2.16. The van der Waals surface area contributed by atoms with E-state index in [1.54, 1.807) is 19.1 Å². The van der Waals surface area contributed by atoms with Crippen LogP contribution in [0.1, 0.15) is 27.4 Å². The van der Waals surface area contributed by atoms with Gasteiger partial charge in [-0.3, -0.25) is 4.90 Å². The summed E-state index contributed by atoms with van der Waals surface area (Å²) in [5.74, 6) is 0.538. The van der Waals surface area contributed by atoms with Crippen molar-refractivity contribution in [1.82, 2.24) is 4.90 Å². The SMILES string of the molecule is COC(=O)c1cc(CN(C)Cc2ccc(F)cc2Br)oc1C. The van der Waals surface area contributed by atoms with Gasteiger partial charge < -0.3 is 9.15 Å². The Kier molecular flexibility index (Phi) is 5.37. The number of rotatable bonds is 5. The van der Waals surface area contributed by atoms with Gasteiger partial charge in [0.2, 0.25) is 0 Å². The molecule has 0 fully saturated rings. The van der Waals surface area contributed by atoms with E-state index < -0.39 is 5.97 Å². The predicted molar refractivity (Wildman–Crippen MR) is 84.1 cm³/mol. The Hall–Kier alpha value is -1.66. The monoisotopic (exact) mass is 369 g/mol. The first kappa shape index (κ1) is 16.7. The highest BCUT2D eigenvalue weighted by Crippen LogP contribution is 2.21. The van der Waals surface area contributed by atoms with E-state index in [4.69, 9.17) is 9.15 Å². The third-order valence-electron chi connectivity index (χ3n) is 3.26. The molecule has 0 N–H and O–H groups in total. The largest absolute Gasteiger partial charge is 0.465 e. The van der Waals surface area contributed by atoms with Crippen LogP contribution in [0, 0.1) is 12.7 Å². The summed E-state index contributed by atoms with van der Waals surface area (Å²) in [6.07, 6.45) is 0. The Morgan fingerprint density at radius 3 is 2.73 bits per heavy atom. The molecule has 0 aliphatic rings. The molecule has 0 saturated heterocycles. The van der Waals surface area contributed by atoms with E-state index >= 15 is 0 Å². The third-order valence-corrected chi connectivity index (χ3v) is 3.99. The number of hydrogen-bond acceptors (Lipinski definition) is 4. The van der Waals surface area contributed by atoms with Gasteiger partial charge in [-0.15, -0.1) is 0 Å².